The van der Waals surface area contributed by atoms with Gasteiger partial charge in [0.2, 0.25) is 0 Å². The molecule has 1 saturated carbocycles. The zero-order chi connectivity index (χ0) is 13.6. The topological polar surface area (TPSA) is 35.2 Å². The molecule has 1 aromatic carbocycles. The Morgan fingerprint density at radius 1 is 1.11 bits per heavy atom. The lowest BCUT2D eigenvalue weighted by Crippen LogP contribution is -2.44. The van der Waals surface area contributed by atoms with Crippen LogP contribution in [0.1, 0.15) is 39.2 Å². The zero-order valence-corrected chi connectivity index (χ0v) is 13.2. The van der Waals surface area contributed by atoms with Gasteiger partial charge in [-0.05, 0) is 48.7 Å². The van der Waals surface area contributed by atoms with Crippen LogP contribution in [0, 0.1) is 0 Å². The molecule has 0 atom stereocenters. The van der Waals surface area contributed by atoms with Gasteiger partial charge in [0.05, 0.1) is 5.60 Å². The smallest absolute Gasteiger partial charge is 0.193 e. The molecule has 0 radical (unpaired) electrons. The van der Waals surface area contributed by atoms with Crippen LogP contribution in [0.25, 0.3) is 0 Å². The molecule has 1 aliphatic carbocycles. The van der Waals surface area contributed by atoms with E-state index in [1.165, 1.54) is 5.56 Å². The van der Waals surface area contributed by atoms with E-state index in [1.54, 1.807) is 0 Å². The van der Waals surface area contributed by atoms with Crippen molar-refractivity contribution in [2.75, 3.05) is 5.73 Å². The van der Waals surface area contributed by atoms with Crippen molar-refractivity contribution in [2.24, 2.45) is 0 Å². The molecule has 1 fully saturated rings. The fourth-order valence-electron chi connectivity index (χ4n) is 1.99. The first kappa shape index (κ1) is 13.6. The predicted molar refractivity (Wildman–Crippen MR) is 80.0 cm³/mol. The van der Waals surface area contributed by atoms with Gasteiger partial charge in [-0.15, -0.1) is 0 Å². The van der Waals surface area contributed by atoms with Crippen LogP contribution in [0.15, 0.2) is 24.3 Å². The lowest BCUT2D eigenvalue weighted by Gasteiger charge is -2.39. The molecule has 0 bridgehead atoms. The summed E-state index contributed by atoms with van der Waals surface area (Å²) in [6.07, 6.45) is 2.28. The molecule has 0 unspecified atom stereocenters. The standard InChI is InChI=1S/C15H25NOSi/c1-14(2,3)18(4,5)17-15(10-11-15)12-6-8-13(16)9-7-12/h6-9H,10-11,16H2,1-5H3. The summed E-state index contributed by atoms with van der Waals surface area (Å²) in [5.74, 6) is 0. The minimum absolute atomic E-state index is 0.0172. The van der Waals surface area contributed by atoms with Gasteiger partial charge in [-0.25, -0.2) is 0 Å². The van der Waals surface area contributed by atoms with Crippen LogP contribution in [0.2, 0.25) is 18.1 Å². The van der Waals surface area contributed by atoms with Crippen molar-refractivity contribution in [1.82, 2.24) is 0 Å². The van der Waals surface area contributed by atoms with E-state index in [0.29, 0.717) is 0 Å². The van der Waals surface area contributed by atoms with Crippen LogP contribution in [-0.2, 0) is 10.0 Å². The van der Waals surface area contributed by atoms with Crippen molar-refractivity contribution in [3.05, 3.63) is 29.8 Å². The summed E-state index contributed by atoms with van der Waals surface area (Å²) in [5.41, 5.74) is 7.85. The molecule has 0 aromatic heterocycles. The molecule has 3 heteroatoms. The summed E-state index contributed by atoms with van der Waals surface area (Å²) >= 11 is 0. The number of benzene rings is 1. The zero-order valence-electron chi connectivity index (χ0n) is 12.2. The van der Waals surface area contributed by atoms with E-state index in [1.807, 2.05) is 12.1 Å². The highest BCUT2D eigenvalue weighted by Crippen LogP contribution is 2.54. The number of hydrogen-bond donors (Lipinski definition) is 1. The minimum Gasteiger partial charge on any atom is -0.407 e. The van der Waals surface area contributed by atoms with Gasteiger partial charge in [-0.2, -0.15) is 0 Å². The highest BCUT2D eigenvalue weighted by molar-refractivity contribution is 6.74. The Balaban J connectivity index is 2.21. The van der Waals surface area contributed by atoms with Crippen molar-refractivity contribution in [3.8, 4) is 0 Å². The fraction of sp³-hybridized carbons (Fsp3) is 0.600. The van der Waals surface area contributed by atoms with E-state index in [9.17, 15) is 0 Å². The minimum atomic E-state index is -1.71. The van der Waals surface area contributed by atoms with Gasteiger partial charge < -0.3 is 10.2 Å². The molecule has 1 aromatic rings. The van der Waals surface area contributed by atoms with Gasteiger partial charge in [0.15, 0.2) is 8.32 Å². The van der Waals surface area contributed by atoms with E-state index < -0.39 is 8.32 Å². The second kappa shape index (κ2) is 4.10. The highest BCUT2D eigenvalue weighted by Gasteiger charge is 2.52. The average Bonchev–Trinajstić information content (AvgIpc) is 2.97. The monoisotopic (exact) mass is 263 g/mol. The van der Waals surface area contributed by atoms with Crippen molar-refractivity contribution < 1.29 is 4.43 Å². The number of nitrogen functional groups attached to an aromatic ring is 1. The van der Waals surface area contributed by atoms with Gasteiger partial charge in [-0.1, -0.05) is 32.9 Å². The molecular formula is C15H25NOSi. The maximum atomic E-state index is 6.62. The summed E-state index contributed by atoms with van der Waals surface area (Å²) < 4.78 is 6.62. The first-order valence-corrected chi connectivity index (χ1v) is 9.63. The lowest BCUT2D eigenvalue weighted by molar-refractivity contribution is 0.159. The Morgan fingerprint density at radius 3 is 2.00 bits per heavy atom. The molecule has 2 N–H and O–H groups in total. The second-order valence-corrected chi connectivity index (χ2v) is 11.7. The van der Waals surface area contributed by atoms with Gasteiger partial charge in [0.1, 0.15) is 0 Å². The number of anilines is 1. The van der Waals surface area contributed by atoms with Crippen LogP contribution in [0.4, 0.5) is 5.69 Å². The maximum absolute atomic E-state index is 6.62. The van der Waals surface area contributed by atoms with Crippen LogP contribution in [0.5, 0.6) is 0 Å². The molecule has 0 spiro atoms. The molecule has 1 aliphatic rings. The largest absolute Gasteiger partial charge is 0.407 e. The van der Waals surface area contributed by atoms with Crippen LogP contribution < -0.4 is 5.73 Å². The van der Waals surface area contributed by atoms with Crippen molar-refractivity contribution in [2.45, 2.75) is 57.3 Å². The predicted octanol–water partition coefficient (Wildman–Crippen LogP) is 4.28. The molecule has 100 valence electrons. The third kappa shape index (κ3) is 2.47. The van der Waals surface area contributed by atoms with E-state index in [0.717, 1.165) is 18.5 Å². The van der Waals surface area contributed by atoms with E-state index in [4.69, 9.17) is 10.2 Å². The molecule has 2 nitrogen and oxygen atoms in total. The summed E-state index contributed by atoms with van der Waals surface area (Å²) in [6.45, 7) is 11.5. The SMILES string of the molecule is CC(C)(C)[Si](C)(C)OC1(c2ccc(N)cc2)CC1. The van der Waals surface area contributed by atoms with E-state index >= 15 is 0 Å². The molecule has 0 amide bonds. The summed E-state index contributed by atoms with van der Waals surface area (Å²) in [6, 6.07) is 8.19. The molecule has 0 heterocycles. The second-order valence-electron chi connectivity index (χ2n) is 6.98. The number of hydrogen-bond acceptors (Lipinski definition) is 2. The molecule has 2 rings (SSSR count). The Morgan fingerprint density at radius 2 is 1.61 bits per heavy atom. The first-order chi connectivity index (χ1) is 8.16. The summed E-state index contributed by atoms with van der Waals surface area (Å²) in [5, 5.41) is 0.260. The highest BCUT2D eigenvalue weighted by atomic mass is 28.4. The average molecular weight is 263 g/mol. The molecular weight excluding hydrogens is 238 g/mol. The van der Waals surface area contributed by atoms with Gasteiger partial charge in [0, 0.05) is 5.69 Å². The van der Waals surface area contributed by atoms with E-state index in [-0.39, 0.29) is 10.6 Å². The van der Waals surface area contributed by atoms with Crippen molar-refractivity contribution in [1.29, 1.82) is 0 Å². The fourth-order valence-corrected chi connectivity index (χ4v) is 3.60. The van der Waals surface area contributed by atoms with Crippen molar-refractivity contribution in [3.63, 3.8) is 0 Å². The van der Waals surface area contributed by atoms with Crippen LogP contribution >= 0.6 is 0 Å². The normalized spacial score (nSPS) is 18.7. The summed E-state index contributed by atoms with van der Waals surface area (Å²) in [7, 11) is -1.71. The molecule has 18 heavy (non-hydrogen) atoms. The third-order valence-corrected chi connectivity index (χ3v) is 8.91. The Hall–Kier alpha value is -0.803. The quantitative estimate of drug-likeness (QED) is 0.652. The van der Waals surface area contributed by atoms with E-state index in [2.05, 4.69) is 46.0 Å². The Kier molecular flexibility index (Phi) is 3.11. The molecule has 0 saturated heterocycles. The van der Waals surface area contributed by atoms with Gasteiger partial charge in [-0.3, -0.25) is 0 Å². The third-order valence-electron chi connectivity index (χ3n) is 4.40. The molecule has 0 aliphatic heterocycles. The van der Waals surface area contributed by atoms with Crippen molar-refractivity contribution >= 4 is 14.0 Å². The Labute approximate surface area is 112 Å². The summed E-state index contributed by atoms with van der Waals surface area (Å²) in [4.78, 5) is 0. The van der Waals surface area contributed by atoms with Crippen LogP contribution in [-0.4, -0.2) is 8.32 Å². The van der Waals surface area contributed by atoms with Gasteiger partial charge in [0.25, 0.3) is 0 Å². The van der Waals surface area contributed by atoms with Crippen LogP contribution in [0.3, 0.4) is 0 Å². The Bertz CT molecular complexity index is 427. The number of nitrogens with two attached hydrogens (primary N) is 1. The van der Waals surface area contributed by atoms with Gasteiger partial charge >= 0.3 is 0 Å². The number of rotatable bonds is 3. The maximum Gasteiger partial charge on any atom is 0.193 e. The lowest BCUT2D eigenvalue weighted by atomic mass is 10.1. The first-order valence-electron chi connectivity index (χ1n) is 6.73.